The van der Waals surface area contributed by atoms with Gasteiger partial charge in [0.05, 0.1) is 0 Å². The Hall–Kier alpha value is -1.25. The number of hydrogen-bond acceptors (Lipinski definition) is 3. The lowest BCUT2D eigenvalue weighted by Gasteiger charge is -2.44. The van der Waals surface area contributed by atoms with Crippen molar-refractivity contribution in [1.82, 2.24) is 4.98 Å². The van der Waals surface area contributed by atoms with Crippen molar-refractivity contribution in [3.8, 4) is 0 Å². The molecule has 1 saturated heterocycles. The monoisotopic (exact) mass is 273 g/mol. The Balaban J connectivity index is 1.76. The second-order valence-electron chi connectivity index (χ2n) is 6.26. The summed E-state index contributed by atoms with van der Waals surface area (Å²) in [6.45, 7) is 4.38. The molecule has 1 N–H and O–H groups in total. The number of hydrogen-bond donors (Lipinski definition) is 1. The zero-order valence-corrected chi connectivity index (χ0v) is 12.6. The fourth-order valence-corrected chi connectivity index (χ4v) is 3.84. The Bertz CT molecular complexity index is 430. The molecule has 0 radical (unpaired) electrons. The van der Waals surface area contributed by atoms with Gasteiger partial charge in [-0.2, -0.15) is 0 Å². The first kappa shape index (κ1) is 13.7. The normalized spacial score (nSPS) is 26.1. The van der Waals surface area contributed by atoms with Crippen LogP contribution in [-0.2, 0) is 0 Å². The number of rotatable bonds is 4. The van der Waals surface area contributed by atoms with E-state index < -0.39 is 0 Å². The highest BCUT2D eigenvalue weighted by Crippen LogP contribution is 2.37. The summed E-state index contributed by atoms with van der Waals surface area (Å²) in [5.74, 6) is 3.12. The quantitative estimate of drug-likeness (QED) is 0.896. The third kappa shape index (κ3) is 2.92. The van der Waals surface area contributed by atoms with Crippen molar-refractivity contribution in [1.29, 1.82) is 0 Å². The molecule has 0 aromatic carbocycles. The number of fused-ring (bicyclic) bond motifs is 1. The highest BCUT2D eigenvalue weighted by Gasteiger charge is 2.33. The van der Waals surface area contributed by atoms with Crippen molar-refractivity contribution >= 4 is 11.6 Å². The molecule has 2 fully saturated rings. The van der Waals surface area contributed by atoms with Gasteiger partial charge in [0.1, 0.15) is 11.6 Å². The molecule has 2 heterocycles. The van der Waals surface area contributed by atoms with Gasteiger partial charge in [0.15, 0.2) is 0 Å². The summed E-state index contributed by atoms with van der Waals surface area (Å²) in [6, 6.07) is 7.16. The second kappa shape index (κ2) is 6.47. The second-order valence-corrected chi connectivity index (χ2v) is 6.26. The summed E-state index contributed by atoms with van der Waals surface area (Å²) in [4.78, 5) is 7.43. The van der Waals surface area contributed by atoms with Gasteiger partial charge in [-0.15, -0.1) is 0 Å². The molecule has 2 aliphatic rings. The first-order chi connectivity index (χ1) is 9.88. The predicted molar refractivity (Wildman–Crippen MR) is 85.3 cm³/mol. The van der Waals surface area contributed by atoms with E-state index >= 15 is 0 Å². The van der Waals surface area contributed by atoms with Gasteiger partial charge in [-0.1, -0.05) is 25.8 Å². The molecule has 3 nitrogen and oxygen atoms in total. The molecule has 1 aliphatic carbocycles. The molecule has 1 aromatic heterocycles. The van der Waals surface area contributed by atoms with Crippen LogP contribution >= 0.6 is 0 Å². The third-order valence-electron chi connectivity index (χ3n) is 4.83. The summed E-state index contributed by atoms with van der Waals surface area (Å²) in [5, 5.41) is 3.41. The van der Waals surface area contributed by atoms with Crippen molar-refractivity contribution in [2.45, 2.75) is 57.9 Å². The first-order valence-corrected chi connectivity index (χ1v) is 8.36. The molecule has 0 spiro atoms. The van der Waals surface area contributed by atoms with Crippen molar-refractivity contribution in [3.05, 3.63) is 18.2 Å². The van der Waals surface area contributed by atoms with Crippen LogP contribution in [0.1, 0.15) is 51.9 Å². The molecule has 2 unspecified atom stereocenters. The maximum Gasteiger partial charge on any atom is 0.131 e. The minimum Gasteiger partial charge on any atom is -0.370 e. The van der Waals surface area contributed by atoms with Gasteiger partial charge >= 0.3 is 0 Å². The maximum atomic E-state index is 4.84. The van der Waals surface area contributed by atoms with E-state index in [-0.39, 0.29) is 0 Å². The molecule has 2 atom stereocenters. The van der Waals surface area contributed by atoms with E-state index in [4.69, 9.17) is 4.98 Å². The van der Waals surface area contributed by atoms with Gasteiger partial charge in [-0.05, 0) is 50.2 Å². The van der Waals surface area contributed by atoms with E-state index in [2.05, 4.69) is 35.3 Å². The molecule has 3 heteroatoms. The van der Waals surface area contributed by atoms with Crippen LogP contribution in [0.3, 0.4) is 0 Å². The number of aromatic nitrogens is 1. The fourth-order valence-electron chi connectivity index (χ4n) is 3.84. The molecule has 1 aromatic rings. The summed E-state index contributed by atoms with van der Waals surface area (Å²) >= 11 is 0. The van der Waals surface area contributed by atoms with Crippen molar-refractivity contribution in [3.63, 3.8) is 0 Å². The molecule has 110 valence electrons. The lowest BCUT2D eigenvalue weighted by molar-refractivity contribution is 0.243. The minimum atomic E-state index is 0.742. The topological polar surface area (TPSA) is 28.2 Å². The fraction of sp³-hybridized carbons (Fsp3) is 0.706. The molecule has 1 aliphatic heterocycles. The average Bonchev–Trinajstić information content (AvgIpc) is 2.52. The smallest absolute Gasteiger partial charge is 0.131 e. The highest BCUT2D eigenvalue weighted by molar-refractivity contribution is 5.48. The van der Waals surface area contributed by atoms with Crippen LogP contribution in [0.5, 0.6) is 0 Å². The van der Waals surface area contributed by atoms with Crippen LogP contribution in [0.25, 0.3) is 0 Å². The van der Waals surface area contributed by atoms with E-state index in [0.29, 0.717) is 0 Å². The van der Waals surface area contributed by atoms with Crippen LogP contribution in [0.15, 0.2) is 18.2 Å². The van der Waals surface area contributed by atoms with E-state index in [1.165, 1.54) is 50.9 Å². The predicted octanol–water partition coefficient (Wildman–Crippen LogP) is 4.06. The summed E-state index contributed by atoms with van der Waals surface area (Å²) in [5.41, 5.74) is 0. The van der Waals surface area contributed by atoms with Crippen LogP contribution in [-0.4, -0.2) is 24.1 Å². The Kier molecular flexibility index (Phi) is 4.44. The zero-order chi connectivity index (χ0) is 13.8. The Morgan fingerprint density at radius 1 is 1.20 bits per heavy atom. The molecular formula is C17H27N3. The summed E-state index contributed by atoms with van der Waals surface area (Å²) in [6.07, 6.45) is 9.50. The minimum absolute atomic E-state index is 0.742. The van der Waals surface area contributed by atoms with Crippen molar-refractivity contribution < 1.29 is 0 Å². The van der Waals surface area contributed by atoms with Crippen LogP contribution in [0, 0.1) is 5.92 Å². The number of nitrogens with zero attached hydrogens (tertiary/aromatic N) is 2. The summed E-state index contributed by atoms with van der Waals surface area (Å²) in [7, 11) is 0. The number of pyridine rings is 1. The number of anilines is 2. The lowest BCUT2D eigenvalue weighted by Crippen LogP contribution is -2.47. The lowest BCUT2D eigenvalue weighted by atomic mass is 9.78. The largest absolute Gasteiger partial charge is 0.370 e. The summed E-state index contributed by atoms with van der Waals surface area (Å²) < 4.78 is 0. The Morgan fingerprint density at radius 2 is 2.05 bits per heavy atom. The van der Waals surface area contributed by atoms with E-state index in [1.54, 1.807) is 0 Å². The Labute approximate surface area is 122 Å². The van der Waals surface area contributed by atoms with Gasteiger partial charge in [0.25, 0.3) is 0 Å². The van der Waals surface area contributed by atoms with Crippen LogP contribution in [0.4, 0.5) is 11.6 Å². The molecule has 20 heavy (non-hydrogen) atoms. The van der Waals surface area contributed by atoms with Gasteiger partial charge in [-0.3, -0.25) is 0 Å². The van der Waals surface area contributed by atoms with Crippen molar-refractivity contribution in [2.24, 2.45) is 5.92 Å². The SMILES string of the molecule is CCCNc1cccc(N2CCCC3CCCCC32)n1. The van der Waals surface area contributed by atoms with Gasteiger partial charge < -0.3 is 10.2 Å². The molecular weight excluding hydrogens is 246 g/mol. The molecule has 1 saturated carbocycles. The maximum absolute atomic E-state index is 4.84. The zero-order valence-electron chi connectivity index (χ0n) is 12.6. The number of nitrogens with one attached hydrogen (secondary N) is 1. The molecule has 0 amide bonds. The molecule has 3 rings (SSSR count). The Morgan fingerprint density at radius 3 is 2.95 bits per heavy atom. The van der Waals surface area contributed by atoms with E-state index in [9.17, 15) is 0 Å². The molecule has 0 bridgehead atoms. The average molecular weight is 273 g/mol. The van der Waals surface area contributed by atoms with E-state index in [0.717, 1.165) is 30.7 Å². The van der Waals surface area contributed by atoms with Crippen LogP contribution < -0.4 is 10.2 Å². The van der Waals surface area contributed by atoms with Crippen LogP contribution in [0.2, 0.25) is 0 Å². The standard InChI is InChI=1S/C17H27N3/c1-2-12-18-16-10-5-11-17(19-16)20-13-6-8-14-7-3-4-9-15(14)20/h5,10-11,14-15H,2-4,6-9,12-13H2,1H3,(H,18,19). The highest BCUT2D eigenvalue weighted by atomic mass is 15.2. The van der Waals surface area contributed by atoms with Gasteiger partial charge in [0.2, 0.25) is 0 Å². The first-order valence-electron chi connectivity index (χ1n) is 8.36. The number of piperidine rings is 1. The van der Waals surface area contributed by atoms with Gasteiger partial charge in [-0.25, -0.2) is 4.98 Å². The van der Waals surface area contributed by atoms with E-state index in [1.807, 2.05) is 0 Å². The third-order valence-corrected chi connectivity index (χ3v) is 4.83. The van der Waals surface area contributed by atoms with Crippen molar-refractivity contribution in [2.75, 3.05) is 23.3 Å². The van der Waals surface area contributed by atoms with Gasteiger partial charge in [0, 0.05) is 19.1 Å².